The third-order valence-electron chi connectivity index (χ3n) is 4.94. The number of benzene rings is 2. The molecule has 132 valence electrons. The van der Waals surface area contributed by atoms with Crippen LogP contribution in [0.1, 0.15) is 49.1 Å². The van der Waals surface area contributed by atoms with Gasteiger partial charge in [-0.2, -0.15) is 0 Å². The van der Waals surface area contributed by atoms with Crippen LogP contribution in [0, 0.1) is 0 Å². The molecule has 2 aromatic rings. The maximum absolute atomic E-state index is 12.2. The minimum atomic E-state index is 0.121. The average Bonchev–Trinajstić information content (AvgIpc) is 2.67. The lowest BCUT2D eigenvalue weighted by Crippen LogP contribution is -2.26. The van der Waals surface area contributed by atoms with Crippen molar-refractivity contribution in [2.45, 2.75) is 44.4 Å². The molecule has 1 fully saturated rings. The molecule has 0 unspecified atom stereocenters. The van der Waals surface area contributed by atoms with Crippen LogP contribution in [-0.4, -0.2) is 19.0 Å². The average molecular weight is 336 g/mol. The molecule has 1 heterocycles. The lowest BCUT2D eigenvalue weighted by Gasteiger charge is -2.23. The molecule has 1 amide bonds. The third kappa shape index (κ3) is 5.71. The fourth-order valence-corrected chi connectivity index (χ4v) is 3.51. The molecule has 1 aliphatic rings. The Morgan fingerprint density at radius 3 is 2.60 bits per heavy atom. The van der Waals surface area contributed by atoms with Crippen molar-refractivity contribution in [2.24, 2.45) is 0 Å². The summed E-state index contributed by atoms with van der Waals surface area (Å²) in [7, 11) is 0. The van der Waals surface area contributed by atoms with Crippen molar-refractivity contribution in [1.29, 1.82) is 0 Å². The van der Waals surface area contributed by atoms with Gasteiger partial charge in [0.15, 0.2) is 0 Å². The highest BCUT2D eigenvalue weighted by Crippen LogP contribution is 2.27. The standard InChI is InChI=1S/C22H28N2O/c25-22(12-5-4-9-18-7-2-1-3-8-18)24-21-11-6-10-20(17-21)19-13-15-23-16-14-19/h1-3,6-8,10-11,17,19,23H,4-5,9,12-16H2,(H,24,25). The molecule has 2 aromatic carbocycles. The summed E-state index contributed by atoms with van der Waals surface area (Å²) in [5.41, 5.74) is 3.63. The van der Waals surface area contributed by atoms with Gasteiger partial charge < -0.3 is 10.6 Å². The van der Waals surface area contributed by atoms with Crippen molar-refractivity contribution in [3.05, 3.63) is 65.7 Å². The number of piperidine rings is 1. The second kappa shape index (κ2) is 9.38. The van der Waals surface area contributed by atoms with Crippen molar-refractivity contribution in [3.63, 3.8) is 0 Å². The van der Waals surface area contributed by atoms with Gasteiger partial charge in [-0.25, -0.2) is 0 Å². The van der Waals surface area contributed by atoms with Crippen molar-refractivity contribution < 1.29 is 4.79 Å². The molecule has 2 N–H and O–H groups in total. The van der Waals surface area contributed by atoms with E-state index in [-0.39, 0.29) is 5.91 Å². The number of aryl methyl sites for hydroxylation is 1. The lowest BCUT2D eigenvalue weighted by molar-refractivity contribution is -0.116. The van der Waals surface area contributed by atoms with Crippen LogP contribution in [0.3, 0.4) is 0 Å². The summed E-state index contributed by atoms with van der Waals surface area (Å²) in [4.78, 5) is 12.2. The highest BCUT2D eigenvalue weighted by molar-refractivity contribution is 5.90. The van der Waals surface area contributed by atoms with Gasteiger partial charge in [-0.1, -0.05) is 42.5 Å². The number of hydrogen-bond donors (Lipinski definition) is 2. The second-order valence-electron chi connectivity index (χ2n) is 6.89. The summed E-state index contributed by atoms with van der Waals surface area (Å²) in [5, 5.41) is 6.47. The van der Waals surface area contributed by atoms with Gasteiger partial charge in [-0.15, -0.1) is 0 Å². The van der Waals surface area contributed by atoms with Gasteiger partial charge in [-0.3, -0.25) is 4.79 Å². The molecule has 0 atom stereocenters. The molecule has 0 spiro atoms. The Kier molecular flexibility index (Phi) is 6.63. The first-order valence-electron chi connectivity index (χ1n) is 9.46. The second-order valence-corrected chi connectivity index (χ2v) is 6.89. The summed E-state index contributed by atoms with van der Waals surface area (Å²) >= 11 is 0. The van der Waals surface area contributed by atoms with Crippen LogP contribution in [0.5, 0.6) is 0 Å². The van der Waals surface area contributed by atoms with E-state index in [1.165, 1.54) is 24.0 Å². The summed E-state index contributed by atoms with van der Waals surface area (Å²) < 4.78 is 0. The maximum atomic E-state index is 12.2. The van der Waals surface area contributed by atoms with E-state index in [0.29, 0.717) is 12.3 Å². The molecule has 3 nitrogen and oxygen atoms in total. The van der Waals surface area contributed by atoms with Crippen LogP contribution < -0.4 is 10.6 Å². The van der Waals surface area contributed by atoms with E-state index >= 15 is 0 Å². The maximum Gasteiger partial charge on any atom is 0.224 e. The predicted octanol–water partition coefficient (Wildman–Crippen LogP) is 4.51. The lowest BCUT2D eigenvalue weighted by atomic mass is 9.90. The fourth-order valence-electron chi connectivity index (χ4n) is 3.51. The molecule has 3 heteroatoms. The summed E-state index contributed by atoms with van der Waals surface area (Å²) in [5.74, 6) is 0.736. The van der Waals surface area contributed by atoms with Gasteiger partial charge in [0.2, 0.25) is 5.91 Å². The Morgan fingerprint density at radius 1 is 1.00 bits per heavy atom. The molecular weight excluding hydrogens is 308 g/mol. The third-order valence-corrected chi connectivity index (χ3v) is 4.94. The Hall–Kier alpha value is -2.13. The summed E-state index contributed by atoms with van der Waals surface area (Å²) in [6.45, 7) is 2.17. The van der Waals surface area contributed by atoms with Gasteiger partial charge in [0, 0.05) is 12.1 Å². The number of carbonyl (C=O) groups is 1. The Bertz CT molecular complexity index is 663. The van der Waals surface area contributed by atoms with Crippen molar-refractivity contribution in [3.8, 4) is 0 Å². The van der Waals surface area contributed by atoms with E-state index < -0.39 is 0 Å². The van der Waals surface area contributed by atoms with Crippen LogP contribution in [0.4, 0.5) is 5.69 Å². The number of nitrogens with one attached hydrogen (secondary N) is 2. The number of unbranched alkanes of at least 4 members (excludes halogenated alkanes) is 1. The van der Waals surface area contributed by atoms with Crippen molar-refractivity contribution in [2.75, 3.05) is 18.4 Å². The van der Waals surface area contributed by atoms with Gasteiger partial charge in [0.25, 0.3) is 0 Å². The van der Waals surface area contributed by atoms with Gasteiger partial charge in [0.1, 0.15) is 0 Å². The van der Waals surface area contributed by atoms with Gasteiger partial charge in [0.05, 0.1) is 0 Å². The van der Waals surface area contributed by atoms with Crippen molar-refractivity contribution in [1.82, 2.24) is 5.32 Å². The minimum absolute atomic E-state index is 0.121. The Balaban J connectivity index is 1.43. The molecule has 0 saturated carbocycles. The van der Waals surface area contributed by atoms with Crippen LogP contribution >= 0.6 is 0 Å². The number of anilines is 1. The molecule has 1 saturated heterocycles. The van der Waals surface area contributed by atoms with E-state index in [9.17, 15) is 4.79 Å². The highest BCUT2D eigenvalue weighted by atomic mass is 16.1. The van der Waals surface area contributed by atoms with E-state index in [0.717, 1.165) is 38.0 Å². The number of carbonyl (C=O) groups excluding carboxylic acids is 1. The Labute approximate surface area is 150 Å². The van der Waals surface area contributed by atoms with Gasteiger partial charge in [-0.05, 0) is 74.4 Å². The van der Waals surface area contributed by atoms with Crippen LogP contribution in [0.2, 0.25) is 0 Å². The first-order chi connectivity index (χ1) is 12.3. The van der Waals surface area contributed by atoms with E-state index in [2.05, 4.69) is 53.1 Å². The zero-order chi connectivity index (χ0) is 17.3. The summed E-state index contributed by atoms with van der Waals surface area (Å²) in [6, 6.07) is 18.8. The zero-order valence-electron chi connectivity index (χ0n) is 14.8. The first-order valence-corrected chi connectivity index (χ1v) is 9.46. The monoisotopic (exact) mass is 336 g/mol. The SMILES string of the molecule is O=C(CCCCc1ccccc1)Nc1cccc(C2CCNCC2)c1. The largest absolute Gasteiger partial charge is 0.326 e. The smallest absolute Gasteiger partial charge is 0.224 e. The molecule has 1 aliphatic heterocycles. The molecule has 0 aliphatic carbocycles. The molecule has 0 radical (unpaired) electrons. The Morgan fingerprint density at radius 2 is 1.80 bits per heavy atom. The minimum Gasteiger partial charge on any atom is -0.326 e. The first kappa shape index (κ1) is 17.7. The zero-order valence-corrected chi connectivity index (χ0v) is 14.8. The van der Waals surface area contributed by atoms with Crippen molar-refractivity contribution >= 4 is 11.6 Å². The van der Waals surface area contributed by atoms with Crippen LogP contribution in [-0.2, 0) is 11.2 Å². The van der Waals surface area contributed by atoms with E-state index in [4.69, 9.17) is 0 Å². The number of amides is 1. The number of hydrogen-bond acceptors (Lipinski definition) is 2. The fraction of sp³-hybridized carbons (Fsp3) is 0.409. The molecular formula is C22H28N2O. The van der Waals surface area contributed by atoms with Crippen LogP contribution in [0.25, 0.3) is 0 Å². The topological polar surface area (TPSA) is 41.1 Å². The summed E-state index contributed by atoms with van der Waals surface area (Å²) in [6.07, 6.45) is 5.96. The molecule has 25 heavy (non-hydrogen) atoms. The predicted molar refractivity (Wildman–Crippen MR) is 104 cm³/mol. The van der Waals surface area contributed by atoms with Gasteiger partial charge >= 0.3 is 0 Å². The number of rotatable bonds is 7. The highest BCUT2D eigenvalue weighted by Gasteiger charge is 2.15. The molecule has 3 rings (SSSR count). The molecule has 0 aromatic heterocycles. The van der Waals surface area contributed by atoms with E-state index in [1.807, 2.05) is 12.1 Å². The normalized spacial score (nSPS) is 15.0. The quantitative estimate of drug-likeness (QED) is 0.731. The van der Waals surface area contributed by atoms with E-state index in [1.54, 1.807) is 0 Å². The van der Waals surface area contributed by atoms with Crippen LogP contribution in [0.15, 0.2) is 54.6 Å². The molecule has 0 bridgehead atoms.